The molecule has 4 atom stereocenters. The van der Waals surface area contributed by atoms with Crippen LogP contribution in [0.4, 0.5) is 0 Å². The molecule has 2 rings (SSSR count). The Bertz CT molecular complexity index is 352. The largest absolute Gasteiger partial charge is 0.303 e. The van der Waals surface area contributed by atoms with E-state index < -0.39 is 5.92 Å². The lowest BCUT2D eigenvalue weighted by Gasteiger charge is -2.55. The lowest BCUT2D eigenvalue weighted by Crippen LogP contribution is -2.49. The van der Waals surface area contributed by atoms with Crippen LogP contribution in [0.2, 0.25) is 0 Å². The molecule has 0 amide bonds. The summed E-state index contributed by atoms with van der Waals surface area (Å²) in [5, 5.41) is 0. The van der Waals surface area contributed by atoms with Crippen LogP contribution in [0.3, 0.4) is 0 Å². The van der Waals surface area contributed by atoms with Crippen LogP contribution in [0, 0.1) is 34.5 Å². The molecule has 0 aromatic heterocycles. The Morgan fingerprint density at radius 3 is 2.37 bits per heavy atom. The van der Waals surface area contributed by atoms with Gasteiger partial charge in [0, 0.05) is 0 Å². The lowest BCUT2D eigenvalue weighted by atomic mass is 9.49. The standard InChI is InChI=1S/C17H28O2/c1-12-8-13-6-5-7-16(2,3)15(13)9-17(12,4)14(10-18)11-19/h10-15H,5-9H2,1-4H3. The van der Waals surface area contributed by atoms with Crippen molar-refractivity contribution in [2.45, 2.75) is 59.8 Å². The Labute approximate surface area is 117 Å². The van der Waals surface area contributed by atoms with Crippen LogP contribution in [-0.2, 0) is 9.59 Å². The first-order chi connectivity index (χ1) is 8.85. The van der Waals surface area contributed by atoms with Gasteiger partial charge in [0.25, 0.3) is 0 Å². The van der Waals surface area contributed by atoms with Gasteiger partial charge in [-0.05, 0) is 47.8 Å². The van der Waals surface area contributed by atoms with E-state index in [0.29, 0.717) is 17.3 Å². The van der Waals surface area contributed by atoms with Gasteiger partial charge in [-0.25, -0.2) is 0 Å². The van der Waals surface area contributed by atoms with Crippen LogP contribution < -0.4 is 0 Å². The topological polar surface area (TPSA) is 34.1 Å². The van der Waals surface area contributed by atoms with Crippen LogP contribution in [0.25, 0.3) is 0 Å². The zero-order valence-electron chi connectivity index (χ0n) is 12.8. The van der Waals surface area contributed by atoms with Gasteiger partial charge in [-0.1, -0.05) is 40.5 Å². The second-order valence-corrected chi connectivity index (χ2v) is 7.89. The van der Waals surface area contributed by atoms with E-state index in [-0.39, 0.29) is 5.41 Å². The summed E-state index contributed by atoms with van der Waals surface area (Å²) in [6.07, 6.45) is 7.92. The summed E-state index contributed by atoms with van der Waals surface area (Å²) >= 11 is 0. The second-order valence-electron chi connectivity index (χ2n) is 7.89. The fourth-order valence-electron chi connectivity index (χ4n) is 4.78. The van der Waals surface area contributed by atoms with E-state index in [1.807, 2.05) is 0 Å². The first-order valence-electron chi connectivity index (χ1n) is 7.75. The second kappa shape index (κ2) is 5.03. The first-order valence-corrected chi connectivity index (χ1v) is 7.75. The predicted molar refractivity (Wildman–Crippen MR) is 76.7 cm³/mol. The molecule has 19 heavy (non-hydrogen) atoms. The predicted octanol–water partition coefficient (Wildman–Crippen LogP) is 3.88. The van der Waals surface area contributed by atoms with Crippen molar-refractivity contribution in [2.24, 2.45) is 34.5 Å². The van der Waals surface area contributed by atoms with Crippen molar-refractivity contribution in [2.75, 3.05) is 0 Å². The third-order valence-corrected chi connectivity index (χ3v) is 6.47. The molecule has 0 aromatic rings. The van der Waals surface area contributed by atoms with Gasteiger partial charge in [-0.2, -0.15) is 0 Å². The van der Waals surface area contributed by atoms with E-state index in [0.717, 1.165) is 24.9 Å². The van der Waals surface area contributed by atoms with Gasteiger partial charge in [0.1, 0.15) is 12.6 Å². The summed E-state index contributed by atoms with van der Waals surface area (Å²) in [6.45, 7) is 9.14. The zero-order valence-corrected chi connectivity index (χ0v) is 12.8. The average molecular weight is 264 g/mol. The Morgan fingerprint density at radius 2 is 1.79 bits per heavy atom. The van der Waals surface area contributed by atoms with E-state index in [1.165, 1.54) is 25.7 Å². The smallest absolute Gasteiger partial charge is 0.130 e. The van der Waals surface area contributed by atoms with Crippen molar-refractivity contribution >= 4 is 12.6 Å². The van der Waals surface area contributed by atoms with Crippen LogP contribution in [0.15, 0.2) is 0 Å². The molecule has 2 aliphatic carbocycles. The number of carbonyl (C=O) groups is 2. The monoisotopic (exact) mass is 264 g/mol. The fourth-order valence-corrected chi connectivity index (χ4v) is 4.78. The van der Waals surface area contributed by atoms with Crippen LogP contribution in [0.1, 0.15) is 59.8 Å². The van der Waals surface area contributed by atoms with Gasteiger partial charge in [-0.15, -0.1) is 0 Å². The van der Waals surface area contributed by atoms with E-state index >= 15 is 0 Å². The highest BCUT2D eigenvalue weighted by atomic mass is 16.1. The number of hydrogen-bond donors (Lipinski definition) is 0. The Balaban J connectivity index is 2.29. The average Bonchev–Trinajstić information content (AvgIpc) is 2.33. The van der Waals surface area contributed by atoms with Gasteiger partial charge in [0.05, 0.1) is 5.92 Å². The molecule has 2 heteroatoms. The molecule has 2 saturated carbocycles. The van der Waals surface area contributed by atoms with Crippen molar-refractivity contribution in [1.82, 2.24) is 0 Å². The molecule has 2 nitrogen and oxygen atoms in total. The molecule has 4 unspecified atom stereocenters. The van der Waals surface area contributed by atoms with E-state index in [4.69, 9.17) is 0 Å². The normalized spacial score (nSPS) is 41.6. The Morgan fingerprint density at radius 1 is 1.16 bits per heavy atom. The minimum absolute atomic E-state index is 0.140. The molecule has 0 spiro atoms. The van der Waals surface area contributed by atoms with Crippen LogP contribution in [-0.4, -0.2) is 12.6 Å². The number of hydrogen-bond acceptors (Lipinski definition) is 2. The zero-order chi connectivity index (χ0) is 14.3. The summed E-state index contributed by atoms with van der Waals surface area (Å²) < 4.78 is 0. The van der Waals surface area contributed by atoms with Crippen molar-refractivity contribution in [1.29, 1.82) is 0 Å². The molecule has 2 fully saturated rings. The number of carbonyl (C=O) groups excluding carboxylic acids is 2. The van der Waals surface area contributed by atoms with Gasteiger partial charge >= 0.3 is 0 Å². The Hall–Kier alpha value is -0.660. The molecule has 108 valence electrons. The van der Waals surface area contributed by atoms with Crippen molar-refractivity contribution in [3.8, 4) is 0 Å². The van der Waals surface area contributed by atoms with Gasteiger partial charge in [0.15, 0.2) is 0 Å². The summed E-state index contributed by atoms with van der Waals surface area (Å²) in [5.41, 5.74) is 0.222. The summed E-state index contributed by atoms with van der Waals surface area (Å²) in [6, 6.07) is 0. The molecule has 0 saturated heterocycles. The minimum Gasteiger partial charge on any atom is -0.303 e. The molecule has 2 aliphatic rings. The molecular formula is C17H28O2. The third-order valence-electron chi connectivity index (χ3n) is 6.47. The summed E-state index contributed by atoms with van der Waals surface area (Å²) in [7, 11) is 0. The molecule has 0 aromatic carbocycles. The minimum atomic E-state index is -0.429. The molecule has 0 heterocycles. The van der Waals surface area contributed by atoms with Gasteiger partial charge in [-0.3, -0.25) is 0 Å². The molecule has 0 radical (unpaired) electrons. The quantitative estimate of drug-likeness (QED) is 0.572. The summed E-state index contributed by atoms with van der Waals surface area (Å²) in [5.74, 6) is 1.50. The molecule has 0 N–H and O–H groups in total. The van der Waals surface area contributed by atoms with E-state index in [1.54, 1.807) is 0 Å². The van der Waals surface area contributed by atoms with Gasteiger partial charge in [0.2, 0.25) is 0 Å². The SMILES string of the molecule is CC1CC2CCCC(C)(C)C2CC1(C)C(C=O)C=O. The van der Waals surface area contributed by atoms with Crippen molar-refractivity contribution < 1.29 is 9.59 Å². The highest BCUT2D eigenvalue weighted by molar-refractivity contribution is 5.78. The highest BCUT2D eigenvalue weighted by Crippen LogP contribution is 2.58. The van der Waals surface area contributed by atoms with Gasteiger partial charge < -0.3 is 9.59 Å². The highest BCUT2D eigenvalue weighted by Gasteiger charge is 2.51. The van der Waals surface area contributed by atoms with Crippen molar-refractivity contribution in [3.05, 3.63) is 0 Å². The summed E-state index contributed by atoms with van der Waals surface area (Å²) in [4.78, 5) is 22.6. The lowest BCUT2D eigenvalue weighted by molar-refractivity contribution is -0.132. The van der Waals surface area contributed by atoms with E-state index in [9.17, 15) is 9.59 Å². The Kier molecular flexibility index (Phi) is 3.90. The maximum atomic E-state index is 11.3. The van der Waals surface area contributed by atoms with Crippen LogP contribution in [0.5, 0.6) is 0 Å². The maximum absolute atomic E-state index is 11.3. The number of aldehydes is 2. The molecule has 0 aliphatic heterocycles. The fraction of sp³-hybridized carbons (Fsp3) is 0.882. The molecular weight excluding hydrogens is 236 g/mol. The number of fused-ring (bicyclic) bond motifs is 1. The number of rotatable bonds is 3. The maximum Gasteiger partial charge on any atom is 0.130 e. The van der Waals surface area contributed by atoms with E-state index in [2.05, 4.69) is 27.7 Å². The van der Waals surface area contributed by atoms with Crippen molar-refractivity contribution in [3.63, 3.8) is 0 Å². The third kappa shape index (κ3) is 2.39. The van der Waals surface area contributed by atoms with Crippen LogP contribution >= 0.6 is 0 Å². The first kappa shape index (κ1) is 14.7. The molecule has 0 bridgehead atoms.